The number of benzene rings is 2. The number of fused-ring (bicyclic) bond motifs is 2. The molecule has 1 amide bonds. The van der Waals surface area contributed by atoms with Crippen LogP contribution in [0.1, 0.15) is 36.8 Å². The first-order valence-electron chi connectivity index (χ1n) is 13.0. The Morgan fingerprint density at radius 3 is 2.61 bits per heavy atom. The SMILES string of the molecule is COc1ccc2c(C(C)C(=O)O)ccc(NC(=O)C3CCN(CCc4ccc5c(c4)OCCO5)CC3)c2n1. The molecular formula is C29H33N3O6. The van der Waals surface area contributed by atoms with E-state index in [2.05, 4.69) is 27.3 Å². The zero-order valence-corrected chi connectivity index (χ0v) is 21.7. The molecule has 0 saturated carbocycles. The number of ether oxygens (including phenoxy) is 3. The number of hydrogen-bond donors (Lipinski definition) is 2. The Hall–Kier alpha value is -3.85. The van der Waals surface area contributed by atoms with Gasteiger partial charge in [0.1, 0.15) is 13.2 Å². The van der Waals surface area contributed by atoms with Gasteiger partial charge in [-0.25, -0.2) is 4.98 Å². The fourth-order valence-corrected chi connectivity index (χ4v) is 5.13. The summed E-state index contributed by atoms with van der Waals surface area (Å²) in [6, 6.07) is 13.1. The maximum atomic E-state index is 13.2. The lowest BCUT2D eigenvalue weighted by atomic mass is 9.94. The topological polar surface area (TPSA) is 110 Å². The van der Waals surface area contributed by atoms with Crippen LogP contribution in [0.3, 0.4) is 0 Å². The Kier molecular flexibility index (Phi) is 7.64. The van der Waals surface area contributed by atoms with Gasteiger partial charge in [0.2, 0.25) is 11.8 Å². The minimum Gasteiger partial charge on any atom is -0.486 e. The number of aromatic nitrogens is 1. The van der Waals surface area contributed by atoms with Crippen LogP contribution in [-0.2, 0) is 16.0 Å². The molecule has 0 aliphatic carbocycles. The molecule has 3 aromatic rings. The summed E-state index contributed by atoms with van der Waals surface area (Å²) in [5.74, 6) is 0.261. The largest absolute Gasteiger partial charge is 0.486 e. The van der Waals surface area contributed by atoms with Gasteiger partial charge in [-0.15, -0.1) is 0 Å². The fourth-order valence-electron chi connectivity index (χ4n) is 5.13. The summed E-state index contributed by atoms with van der Waals surface area (Å²) >= 11 is 0. The molecule has 2 N–H and O–H groups in total. The third-order valence-corrected chi connectivity index (χ3v) is 7.45. The molecule has 2 aromatic carbocycles. The van der Waals surface area contributed by atoms with Crippen molar-refractivity contribution in [3.63, 3.8) is 0 Å². The van der Waals surface area contributed by atoms with Crippen LogP contribution >= 0.6 is 0 Å². The molecule has 1 aromatic heterocycles. The number of nitrogens with zero attached hydrogens (tertiary/aromatic N) is 2. The summed E-state index contributed by atoms with van der Waals surface area (Å²) in [5.41, 5.74) is 2.95. The van der Waals surface area contributed by atoms with E-state index in [4.69, 9.17) is 14.2 Å². The number of amides is 1. The molecule has 1 fully saturated rings. The number of carboxylic acids is 1. The number of pyridine rings is 1. The Morgan fingerprint density at radius 1 is 1.11 bits per heavy atom. The molecular weight excluding hydrogens is 486 g/mol. The monoisotopic (exact) mass is 519 g/mol. The van der Waals surface area contributed by atoms with Crippen LogP contribution in [0.25, 0.3) is 10.9 Å². The Labute approximate surface area is 221 Å². The standard InChI is InChI=1S/C29H33N3O6/c1-18(29(34)35)21-4-6-23(27-22(21)5-8-26(31-27)36-2)30-28(33)20-10-13-32(14-11-20)12-9-19-3-7-24-25(17-19)38-16-15-37-24/h3-8,17-18,20H,9-16H2,1-2H3,(H,30,33)(H,34,35). The van der Waals surface area contributed by atoms with Crippen LogP contribution in [0.2, 0.25) is 0 Å². The molecule has 1 unspecified atom stereocenters. The van der Waals surface area contributed by atoms with Crippen LogP contribution in [0, 0.1) is 5.92 Å². The number of carbonyl (C=O) groups excluding carboxylic acids is 1. The quantitative estimate of drug-likeness (QED) is 0.458. The highest BCUT2D eigenvalue weighted by Gasteiger charge is 2.26. The Balaban J connectivity index is 1.21. The van der Waals surface area contributed by atoms with E-state index in [1.54, 1.807) is 31.2 Å². The van der Waals surface area contributed by atoms with Gasteiger partial charge < -0.3 is 29.5 Å². The zero-order valence-electron chi connectivity index (χ0n) is 21.7. The summed E-state index contributed by atoms with van der Waals surface area (Å²) in [6.45, 7) is 5.43. The van der Waals surface area contributed by atoms with Gasteiger partial charge in [-0.1, -0.05) is 12.1 Å². The number of methoxy groups -OCH3 is 1. The lowest BCUT2D eigenvalue weighted by Gasteiger charge is -2.31. The number of piperidine rings is 1. The van der Waals surface area contributed by atoms with Crippen LogP contribution in [0.15, 0.2) is 42.5 Å². The number of rotatable bonds is 8. The Morgan fingerprint density at radius 2 is 1.87 bits per heavy atom. The summed E-state index contributed by atoms with van der Waals surface area (Å²) in [7, 11) is 1.53. The number of anilines is 1. The van der Waals surface area contributed by atoms with E-state index in [0.29, 0.717) is 41.2 Å². The first-order chi connectivity index (χ1) is 18.4. The van der Waals surface area contributed by atoms with E-state index in [-0.39, 0.29) is 11.8 Å². The van der Waals surface area contributed by atoms with Crippen molar-refractivity contribution in [1.82, 2.24) is 9.88 Å². The summed E-state index contributed by atoms with van der Waals surface area (Å²) in [5, 5.41) is 13.3. The van der Waals surface area contributed by atoms with Crippen LogP contribution < -0.4 is 19.5 Å². The van der Waals surface area contributed by atoms with Crippen LogP contribution in [0.4, 0.5) is 5.69 Å². The first kappa shape index (κ1) is 25.8. The van der Waals surface area contributed by atoms with Crippen LogP contribution in [0.5, 0.6) is 17.4 Å². The van der Waals surface area contributed by atoms with Crippen molar-refractivity contribution in [2.45, 2.75) is 32.1 Å². The molecule has 200 valence electrons. The zero-order chi connectivity index (χ0) is 26.6. The summed E-state index contributed by atoms with van der Waals surface area (Å²) in [6.07, 6.45) is 2.46. The molecule has 0 spiro atoms. The fraction of sp³-hybridized carbons (Fsp3) is 0.414. The van der Waals surface area contributed by atoms with Gasteiger partial charge in [0.05, 0.1) is 24.2 Å². The summed E-state index contributed by atoms with van der Waals surface area (Å²) in [4.78, 5) is 31.7. The second-order valence-corrected chi connectivity index (χ2v) is 9.85. The molecule has 0 radical (unpaired) electrons. The van der Waals surface area contributed by atoms with Gasteiger partial charge in [-0.2, -0.15) is 0 Å². The van der Waals surface area contributed by atoms with Crippen molar-refractivity contribution >= 4 is 28.5 Å². The van der Waals surface area contributed by atoms with Crippen molar-refractivity contribution in [2.24, 2.45) is 5.92 Å². The predicted octanol–water partition coefficient (Wildman–Crippen LogP) is 4.10. The van der Waals surface area contributed by atoms with Crippen molar-refractivity contribution in [3.05, 3.63) is 53.6 Å². The smallest absolute Gasteiger partial charge is 0.310 e. The maximum absolute atomic E-state index is 13.2. The second-order valence-electron chi connectivity index (χ2n) is 9.85. The van der Waals surface area contributed by atoms with E-state index in [1.165, 1.54) is 12.7 Å². The third kappa shape index (κ3) is 5.52. The van der Waals surface area contributed by atoms with Gasteiger partial charge in [-0.3, -0.25) is 9.59 Å². The third-order valence-electron chi connectivity index (χ3n) is 7.45. The molecule has 1 saturated heterocycles. The minimum absolute atomic E-state index is 0.0403. The highest BCUT2D eigenvalue weighted by molar-refractivity contribution is 6.03. The number of nitrogens with one attached hydrogen (secondary N) is 1. The number of likely N-dealkylation sites (tertiary alicyclic amines) is 1. The minimum atomic E-state index is -0.917. The average Bonchev–Trinajstić information content (AvgIpc) is 2.95. The van der Waals surface area contributed by atoms with Gasteiger partial charge in [0.15, 0.2) is 11.5 Å². The van der Waals surface area contributed by atoms with E-state index >= 15 is 0 Å². The first-order valence-corrected chi connectivity index (χ1v) is 13.0. The second kappa shape index (κ2) is 11.3. The predicted molar refractivity (Wildman–Crippen MR) is 143 cm³/mol. The van der Waals surface area contributed by atoms with E-state index in [1.807, 2.05) is 6.07 Å². The van der Waals surface area contributed by atoms with E-state index in [9.17, 15) is 14.7 Å². The highest BCUT2D eigenvalue weighted by Crippen LogP contribution is 2.33. The van der Waals surface area contributed by atoms with Crippen LogP contribution in [-0.4, -0.2) is 66.8 Å². The molecule has 2 aliphatic rings. The lowest BCUT2D eigenvalue weighted by Crippen LogP contribution is -2.39. The molecule has 1 atom stereocenters. The summed E-state index contributed by atoms with van der Waals surface area (Å²) < 4.78 is 16.6. The number of hydrogen-bond acceptors (Lipinski definition) is 7. The van der Waals surface area contributed by atoms with Crippen molar-refractivity contribution in [1.29, 1.82) is 0 Å². The molecule has 3 heterocycles. The maximum Gasteiger partial charge on any atom is 0.310 e. The molecule has 5 rings (SSSR count). The van der Waals surface area contributed by atoms with Gasteiger partial charge in [-0.05, 0) is 74.7 Å². The molecule has 2 aliphatic heterocycles. The molecule has 9 nitrogen and oxygen atoms in total. The lowest BCUT2D eigenvalue weighted by molar-refractivity contribution is -0.138. The average molecular weight is 520 g/mol. The normalized spacial score (nSPS) is 16.7. The van der Waals surface area contributed by atoms with E-state index < -0.39 is 11.9 Å². The highest BCUT2D eigenvalue weighted by atomic mass is 16.6. The molecule has 0 bridgehead atoms. The van der Waals surface area contributed by atoms with Gasteiger partial charge >= 0.3 is 5.97 Å². The molecule has 9 heteroatoms. The number of carboxylic acid groups (broad SMARTS) is 1. The number of aliphatic carboxylic acids is 1. The van der Waals surface area contributed by atoms with E-state index in [0.717, 1.165) is 50.4 Å². The van der Waals surface area contributed by atoms with Crippen molar-refractivity contribution in [3.8, 4) is 17.4 Å². The Bertz CT molecular complexity index is 1340. The number of carbonyl (C=O) groups is 2. The van der Waals surface area contributed by atoms with Gasteiger partial charge in [0.25, 0.3) is 0 Å². The van der Waals surface area contributed by atoms with Crippen molar-refractivity contribution in [2.75, 3.05) is 45.3 Å². The van der Waals surface area contributed by atoms with Gasteiger partial charge in [0, 0.05) is 23.9 Å². The molecule has 38 heavy (non-hydrogen) atoms. The van der Waals surface area contributed by atoms with Crippen molar-refractivity contribution < 1.29 is 28.9 Å².